The highest BCUT2D eigenvalue weighted by Crippen LogP contribution is 2.43. The molecule has 0 radical (unpaired) electrons. The van der Waals surface area contributed by atoms with Gasteiger partial charge in [-0.1, -0.05) is 142 Å². The molecule has 1 unspecified atom stereocenters. The summed E-state index contributed by atoms with van der Waals surface area (Å²) < 4.78 is 32.5. The Balaban J connectivity index is 4.27. The molecule has 45 heavy (non-hydrogen) atoms. The molecule has 10 heteroatoms. The first-order valence-corrected chi connectivity index (χ1v) is 19.7. The van der Waals surface area contributed by atoms with E-state index in [-0.39, 0.29) is 32.6 Å². The van der Waals surface area contributed by atoms with E-state index in [2.05, 4.69) is 19.9 Å². The number of hydrogen-bond acceptors (Lipinski definition) is 8. The molecule has 9 nitrogen and oxygen atoms in total. The van der Waals surface area contributed by atoms with Gasteiger partial charge in [0.25, 0.3) is 0 Å². The average Bonchev–Trinajstić information content (AvgIpc) is 3.02. The van der Waals surface area contributed by atoms with E-state index in [9.17, 15) is 19.0 Å². The van der Waals surface area contributed by atoms with Crippen molar-refractivity contribution in [2.24, 2.45) is 5.73 Å². The van der Waals surface area contributed by atoms with Gasteiger partial charge >= 0.3 is 19.8 Å². The van der Waals surface area contributed by atoms with Crippen LogP contribution in [-0.2, 0) is 32.7 Å². The molecule has 0 aromatic carbocycles. The molecule has 0 spiro atoms. The van der Waals surface area contributed by atoms with Gasteiger partial charge in [0.2, 0.25) is 0 Å². The zero-order chi connectivity index (χ0) is 33.3. The highest BCUT2D eigenvalue weighted by atomic mass is 31.2. The lowest BCUT2D eigenvalue weighted by Gasteiger charge is -2.19. The van der Waals surface area contributed by atoms with Gasteiger partial charge in [0.1, 0.15) is 6.61 Å². The second kappa shape index (κ2) is 32.7. The molecule has 0 aliphatic carbocycles. The van der Waals surface area contributed by atoms with Crippen molar-refractivity contribution in [3.05, 3.63) is 12.2 Å². The average molecular weight is 662 g/mol. The summed E-state index contributed by atoms with van der Waals surface area (Å²) >= 11 is 0. The Morgan fingerprint density at radius 3 is 1.67 bits per heavy atom. The first-order chi connectivity index (χ1) is 21.8. The van der Waals surface area contributed by atoms with E-state index in [0.717, 1.165) is 32.1 Å². The Kier molecular flexibility index (Phi) is 31.8. The summed E-state index contributed by atoms with van der Waals surface area (Å²) in [5.74, 6) is -0.885. The number of ether oxygens (including phenoxy) is 2. The molecule has 266 valence electrons. The van der Waals surface area contributed by atoms with Crippen molar-refractivity contribution in [2.75, 3.05) is 26.4 Å². The van der Waals surface area contributed by atoms with Crippen LogP contribution in [0, 0.1) is 0 Å². The molecule has 2 atom stereocenters. The third-order valence-electron chi connectivity index (χ3n) is 7.66. The molecule has 0 amide bonds. The SMILES string of the molecule is CCCCCCCCCCCCC/C=C/CCC(=O)O[C@H](COC(=O)CCCCCCCCCCC)COP(=O)(O)OCCN. The highest BCUT2D eigenvalue weighted by Gasteiger charge is 2.25. The predicted molar refractivity (Wildman–Crippen MR) is 183 cm³/mol. The van der Waals surface area contributed by atoms with Gasteiger partial charge in [-0.2, -0.15) is 0 Å². The van der Waals surface area contributed by atoms with Gasteiger partial charge < -0.3 is 20.1 Å². The molecule has 0 aromatic rings. The number of allylic oxidation sites excluding steroid dienone is 2. The maximum absolute atomic E-state index is 12.5. The Bertz CT molecular complexity index is 764. The monoisotopic (exact) mass is 661 g/mol. The largest absolute Gasteiger partial charge is 0.472 e. The van der Waals surface area contributed by atoms with Crippen LogP contribution in [0.15, 0.2) is 12.2 Å². The number of hydrogen-bond donors (Lipinski definition) is 2. The lowest BCUT2D eigenvalue weighted by molar-refractivity contribution is -0.161. The van der Waals surface area contributed by atoms with Crippen molar-refractivity contribution in [1.82, 2.24) is 0 Å². The number of unbranched alkanes of at least 4 members (excludes halogenated alkanes) is 19. The van der Waals surface area contributed by atoms with Crippen LogP contribution >= 0.6 is 7.82 Å². The molecule has 0 bridgehead atoms. The zero-order valence-electron chi connectivity index (χ0n) is 28.9. The van der Waals surface area contributed by atoms with Gasteiger partial charge in [0, 0.05) is 19.4 Å². The van der Waals surface area contributed by atoms with E-state index < -0.39 is 32.5 Å². The van der Waals surface area contributed by atoms with Gasteiger partial charge in [-0.15, -0.1) is 0 Å². The summed E-state index contributed by atoms with van der Waals surface area (Å²) in [4.78, 5) is 34.5. The van der Waals surface area contributed by atoms with Crippen molar-refractivity contribution in [3.63, 3.8) is 0 Å². The topological polar surface area (TPSA) is 134 Å². The smallest absolute Gasteiger partial charge is 0.462 e. The summed E-state index contributed by atoms with van der Waals surface area (Å²) in [5.41, 5.74) is 5.31. The highest BCUT2D eigenvalue weighted by molar-refractivity contribution is 7.47. The maximum Gasteiger partial charge on any atom is 0.472 e. The van der Waals surface area contributed by atoms with Crippen LogP contribution in [0.4, 0.5) is 0 Å². The van der Waals surface area contributed by atoms with E-state index in [4.69, 9.17) is 24.3 Å². The van der Waals surface area contributed by atoms with Gasteiger partial charge in [0.15, 0.2) is 6.10 Å². The fourth-order valence-electron chi connectivity index (χ4n) is 4.94. The fraction of sp³-hybridized carbons (Fsp3) is 0.886. The van der Waals surface area contributed by atoms with Crippen LogP contribution in [0.5, 0.6) is 0 Å². The number of nitrogens with two attached hydrogens (primary N) is 1. The Labute approximate surface area is 275 Å². The molecule has 3 N–H and O–H groups in total. The van der Waals surface area contributed by atoms with Crippen molar-refractivity contribution in [3.8, 4) is 0 Å². The van der Waals surface area contributed by atoms with Crippen LogP contribution in [0.25, 0.3) is 0 Å². The van der Waals surface area contributed by atoms with Gasteiger partial charge in [-0.05, 0) is 25.7 Å². The molecule has 0 fully saturated rings. The minimum absolute atomic E-state index is 0.0512. The molecule has 0 aromatic heterocycles. The van der Waals surface area contributed by atoms with Crippen molar-refractivity contribution >= 4 is 19.8 Å². The summed E-state index contributed by atoms with van der Waals surface area (Å²) in [6.45, 7) is 3.66. The molecule has 0 saturated carbocycles. The number of rotatable bonds is 34. The normalized spacial score (nSPS) is 13.6. The van der Waals surface area contributed by atoms with Gasteiger partial charge in [-0.25, -0.2) is 4.57 Å². The van der Waals surface area contributed by atoms with Gasteiger partial charge in [-0.3, -0.25) is 18.6 Å². The van der Waals surface area contributed by atoms with Crippen molar-refractivity contribution in [2.45, 2.75) is 174 Å². The number of phosphoric acid groups is 1. The molecule has 0 aliphatic rings. The molecule has 0 heterocycles. The first kappa shape index (κ1) is 43.8. The standard InChI is InChI=1S/C35H68NO8P/c1-3-5-7-9-11-13-14-15-16-17-18-20-22-24-26-28-35(38)44-33(32-43-45(39,40)42-30-29-36)31-41-34(37)27-25-23-21-19-12-10-8-6-4-2/h22,24,33H,3-21,23,25-32,36H2,1-2H3,(H,39,40)/b24-22+/t33-/m1/s1. The lowest BCUT2D eigenvalue weighted by atomic mass is 10.1. The minimum atomic E-state index is -4.37. The Morgan fingerprint density at radius 2 is 1.13 bits per heavy atom. The second-order valence-corrected chi connectivity index (χ2v) is 13.5. The summed E-state index contributed by atoms with van der Waals surface area (Å²) in [6, 6.07) is 0. The third kappa shape index (κ3) is 32.5. The molecule has 0 rings (SSSR count). The third-order valence-corrected chi connectivity index (χ3v) is 8.65. The minimum Gasteiger partial charge on any atom is -0.462 e. The molecular formula is C35H68NO8P. The van der Waals surface area contributed by atoms with Crippen LogP contribution in [0.3, 0.4) is 0 Å². The lowest BCUT2D eigenvalue weighted by Crippen LogP contribution is -2.29. The first-order valence-electron chi connectivity index (χ1n) is 18.2. The van der Waals surface area contributed by atoms with Crippen LogP contribution < -0.4 is 5.73 Å². The maximum atomic E-state index is 12.5. The zero-order valence-corrected chi connectivity index (χ0v) is 29.8. The second-order valence-electron chi connectivity index (χ2n) is 12.1. The molecule has 0 saturated heterocycles. The van der Waals surface area contributed by atoms with Crippen LogP contribution in [0.1, 0.15) is 168 Å². The van der Waals surface area contributed by atoms with E-state index >= 15 is 0 Å². The predicted octanol–water partition coefficient (Wildman–Crippen LogP) is 9.49. The number of carbonyl (C=O) groups is 2. The van der Waals surface area contributed by atoms with Crippen molar-refractivity contribution < 1.29 is 37.6 Å². The van der Waals surface area contributed by atoms with Gasteiger partial charge in [0.05, 0.1) is 13.2 Å². The molecular weight excluding hydrogens is 593 g/mol. The van der Waals surface area contributed by atoms with E-state index in [1.54, 1.807) is 0 Å². The number of carbonyl (C=O) groups excluding carboxylic acids is 2. The van der Waals surface area contributed by atoms with Crippen LogP contribution in [-0.4, -0.2) is 49.3 Å². The Hall–Kier alpha value is -1.25. The van der Waals surface area contributed by atoms with Crippen molar-refractivity contribution in [1.29, 1.82) is 0 Å². The van der Waals surface area contributed by atoms with E-state index in [0.29, 0.717) is 6.42 Å². The quantitative estimate of drug-likeness (QED) is 0.0299. The van der Waals surface area contributed by atoms with Crippen LogP contribution in [0.2, 0.25) is 0 Å². The summed E-state index contributed by atoms with van der Waals surface area (Å²) in [5, 5.41) is 0. The summed E-state index contributed by atoms with van der Waals surface area (Å²) in [6.07, 6.45) is 29.8. The molecule has 0 aliphatic heterocycles. The van der Waals surface area contributed by atoms with E-state index in [1.165, 1.54) is 103 Å². The number of phosphoric ester groups is 1. The summed E-state index contributed by atoms with van der Waals surface area (Å²) in [7, 11) is -4.37. The Morgan fingerprint density at radius 1 is 0.644 bits per heavy atom. The fourth-order valence-corrected chi connectivity index (χ4v) is 5.71. The number of esters is 2. The van der Waals surface area contributed by atoms with E-state index in [1.807, 2.05) is 6.08 Å².